The highest BCUT2D eigenvalue weighted by molar-refractivity contribution is 5.88. The average Bonchev–Trinajstić information content (AvgIpc) is 3.08. The summed E-state index contributed by atoms with van der Waals surface area (Å²) in [5.74, 6) is 0.348. The number of hydrogen-bond donors (Lipinski definition) is 1. The van der Waals surface area contributed by atoms with Gasteiger partial charge in [0.1, 0.15) is 12.0 Å². The van der Waals surface area contributed by atoms with E-state index < -0.39 is 0 Å². The topological polar surface area (TPSA) is 60.7 Å². The molecule has 0 unspecified atom stereocenters. The van der Waals surface area contributed by atoms with Crippen molar-refractivity contribution in [1.82, 2.24) is 5.32 Å². The van der Waals surface area contributed by atoms with E-state index in [1.54, 1.807) is 6.07 Å². The first-order valence-electron chi connectivity index (χ1n) is 6.77. The van der Waals surface area contributed by atoms with Crippen LogP contribution in [0.15, 0.2) is 16.7 Å². The fourth-order valence-electron chi connectivity index (χ4n) is 2.26. The second kappa shape index (κ2) is 7.31. The summed E-state index contributed by atoms with van der Waals surface area (Å²) in [7, 11) is 1.35. The van der Waals surface area contributed by atoms with Gasteiger partial charge < -0.3 is 19.2 Å². The SMILES string of the molecule is COC(=O)c1coc(CNCCOC2CCCC2)c1. The van der Waals surface area contributed by atoms with E-state index in [1.807, 2.05) is 0 Å². The van der Waals surface area contributed by atoms with Gasteiger partial charge in [-0.3, -0.25) is 0 Å². The minimum Gasteiger partial charge on any atom is -0.467 e. The number of carbonyl (C=O) groups is 1. The van der Waals surface area contributed by atoms with E-state index in [0.29, 0.717) is 18.2 Å². The normalized spacial score (nSPS) is 15.8. The molecule has 0 spiro atoms. The third-order valence-electron chi connectivity index (χ3n) is 3.31. The number of ether oxygens (including phenoxy) is 2. The van der Waals surface area contributed by atoms with Crippen molar-refractivity contribution in [3.8, 4) is 0 Å². The Morgan fingerprint density at radius 1 is 1.47 bits per heavy atom. The standard InChI is InChI=1S/C14H21NO4/c1-17-14(16)11-8-13(19-10-11)9-15-6-7-18-12-4-2-3-5-12/h8,10,12,15H,2-7,9H2,1H3. The van der Waals surface area contributed by atoms with Gasteiger partial charge in [-0.15, -0.1) is 0 Å². The van der Waals surface area contributed by atoms with Gasteiger partial charge in [0.15, 0.2) is 0 Å². The van der Waals surface area contributed by atoms with Crippen LogP contribution < -0.4 is 5.32 Å². The number of rotatable bonds is 7. The predicted molar refractivity (Wildman–Crippen MR) is 70.0 cm³/mol. The largest absolute Gasteiger partial charge is 0.467 e. The summed E-state index contributed by atoms with van der Waals surface area (Å²) in [6.07, 6.45) is 6.84. The molecule has 0 bridgehead atoms. The summed E-state index contributed by atoms with van der Waals surface area (Å²) >= 11 is 0. The van der Waals surface area contributed by atoms with E-state index in [4.69, 9.17) is 9.15 Å². The summed E-state index contributed by atoms with van der Waals surface area (Å²) in [5.41, 5.74) is 0.446. The summed E-state index contributed by atoms with van der Waals surface area (Å²) in [5, 5.41) is 3.23. The summed E-state index contributed by atoms with van der Waals surface area (Å²) < 4.78 is 15.6. The molecule has 0 aromatic carbocycles. The van der Waals surface area contributed by atoms with Crippen molar-refractivity contribution in [3.63, 3.8) is 0 Å². The molecule has 1 aromatic rings. The van der Waals surface area contributed by atoms with Gasteiger partial charge in [-0.05, 0) is 18.9 Å². The quantitative estimate of drug-likeness (QED) is 0.605. The maximum absolute atomic E-state index is 11.2. The van der Waals surface area contributed by atoms with E-state index in [0.717, 1.165) is 18.9 Å². The first-order valence-corrected chi connectivity index (χ1v) is 6.77. The molecule has 106 valence electrons. The highest BCUT2D eigenvalue weighted by Gasteiger charge is 2.14. The maximum Gasteiger partial charge on any atom is 0.341 e. The Labute approximate surface area is 113 Å². The number of nitrogens with one attached hydrogen (secondary N) is 1. The molecule has 1 aromatic heterocycles. The van der Waals surface area contributed by atoms with Gasteiger partial charge in [-0.1, -0.05) is 12.8 Å². The van der Waals surface area contributed by atoms with Gasteiger partial charge in [-0.25, -0.2) is 4.79 Å². The monoisotopic (exact) mass is 267 g/mol. The molecule has 1 heterocycles. The number of hydrogen-bond acceptors (Lipinski definition) is 5. The van der Waals surface area contributed by atoms with Gasteiger partial charge in [-0.2, -0.15) is 0 Å². The lowest BCUT2D eigenvalue weighted by molar-refractivity contribution is 0.0597. The zero-order valence-corrected chi connectivity index (χ0v) is 11.3. The molecule has 1 aliphatic rings. The fraction of sp³-hybridized carbons (Fsp3) is 0.643. The molecule has 5 heteroatoms. The van der Waals surface area contributed by atoms with E-state index in [-0.39, 0.29) is 5.97 Å². The lowest BCUT2D eigenvalue weighted by atomic mass is 10.3. The molecule has 0 radical (unpaired) electrons. The molecule has 1 aliphatic carbocycles. The average molecular weight is 267 g/mol. The molecule has 5 nitrogen and oxygen atoms in total. The Balaban J connectivity index is 1.60. The van der Waals surface area contributed by atoms with Gasteiger partial charge in [0.25, 0.3) is 0 Å². The molecule has 1 saturated carbocycles. The van der Waals surface area contributed by atoms with Crippen molar-refractivity contribution in [2.45, 2.75) is 38.3 Å². The van der Waals surface area contributed by atoms with Crippen LogP contribution in [0.5, 0.6) is 0 Å². The first kappa shape index (κ1) is 14.1. The molecule has 19 heavy (non-hydrogen) atoms. The zero-order valence-electron chi connectivity index (χ0n) is 11.3. The van der Waals surface area contributed by atoms with Crippen molar-refractivity contribution in [2.75, 3.05) is 20.3 Å². The third kappa shape index (κ3) is 4.36. The van der Waals surface area contributed by atoms with E-state index in [9.17, 15) is 4.79 Å². The van der Waals surface area contributed by atoms with Crippen LogP contribution in [-0.4, -0.2) is 32.3 Å². The zero-order chi connectivity index (χ0) is 13.5. The Morgan fingerprint density at radius 2 is 2.26 bits per heavy atom. The number of carbonyl (C=O) groups excluding carboxylic acids is 1. The highest BCUT2D eigenvalue weighted by atomic mass is 16.5. The van der Waals surface area contributed by atoms with Crippen LogP contribution in [0.2, 0.25) is 0 Å². The third-order valence-corrected chi connectivity index (χ3v) is 3.31. The molecular weight excluding hydrogens is 246 g/mol. The smallest absolute Gasteiger partial charge is 0.341 e. The predicted octanol–water partition coefficient (Wildman–Crippen LogP) is 2.12. The minimum atomic E-state index is -0.375. The van der Waals surface area contributed by atoms with E-state index >= 15 is 0 Å². The second-order valence-electron chi connectivity index (χ2n) is 4.75. The molecule has 0 amide bonds. The molecule has 0 aliphatic heterocycles. The molecule has 0 saturated heterocycles. The van der Waals surface area contributed by atoms with Crippen molar-refractivity contribution >= 4 is 5.97 Å². The summed E-state index contributed by atoms with van der Waals surface area (Å²) in [4.78, 5) is 11.2. The maximum atomic E-state index is 11.2. The summed E-state index contributed by atoms with van der Waals surface area (Å²) in [6, 6.07) is 1.69. The van der Waals surface area contributed by atoms with Gasteiger partial charge in [0.05, 0.1) is 31.9 Å². The fourth-order valence-corrected chi connectivity index (χ4v) is 2.26. The number of methoxy groups -OCH3 is 1. The molecule has 0 atom stereocenters. The lowest BCUT2D eigenvalue weighted by Gasteiger charge is -2.10. The molecule has 1 fully saturated rings. The second-order valence-corrected chi connectivity index (χ2v) is 4.75. The Kier molecular flexibility index (Phi) is 5.42. The number of furan rings is 1. The number of esters is 1. The van der Waals surface area contributed by atoms with Crippen LogP contribution >= 0.6 is 0 Å². The first-order chi connectivity index (χ1) is 9.29. The summed E-state index contributed by atoms with van der Waals surface area (Å²) in [6.45, 7) is 2.09. The Morgan fingerprint density at radius 3 is 3.00 bits per heavy atom. The van der Waals surface area contributed by atoms with Crippen LogP contribution in [-0.2, 0) is 16.0 Å². The van der Waals surface area contributed by atoms with Crippen molar-refractivity contribution in [2.24, 2.45) is 0 Å². The van der Waals surface area contributed by atoms with Crippen LogP contribution in [0.1, 0.15) is 41.8 Å². The van der Waals surface area contributed by atoms with Gasteiger partial charge in [0, 0.05) is 6.54 Å². The molecule has 1 N–H and O–H groups in total. The molecular formula is C14H21NO4. The Hall–Kier alpha value is -1.33. The lowest BCUT2D eigenvalue weighted by Crippen LogP contribution is -2.21. The van der Waals surface area contributed by atoms with E-state index in [1.165, 1.54) is 39.1 Å². The van der Waals surface area contributed by atoms with Crippen molar-refractivity contribution < 1.29 is 18.7 Å². The van der Waals surface area contributed by atoms with Crippen LogP contribution in [0, 0.1) is 0 Å². The van der Waals surface area contributed by atoms with Crippen LogP contribution in [0.3, 0.4) is 0 Å². The van der Waals surface area contributed by atoms with Crippen LogP contribution in [0.4, 0.5) is 0 Å². The van der Waals surface area contributed by atoms with Gasteiger partial charge >= 0.3 is 5.97 Å². The minimum absolute atomic E-state index is 0.375. The molecule has 2 rings (SSSR count). The highest BCUT2D eigenvalue weighted by Crippen LogP contribution is 2.20. The van der Waals surface area contributed by atoms with Crippen molar-refractivity contribution in [1.29, 1.82) is 0 Å². The van der Waals surface area contributed by atoms with Gasteiger partial charge in [0.2, 0.25) is 0 Å². The van der Waals surface area contributed by atoms with Crippen molar-refractivity contribution in [3.05, 3.63) is 23.7 Å². The Bertz CT molecular complexity index is 396. The van der Waals surface area contributed by atoms with Crippen LogP contribution in [0.25, 0.3) is 0 Å². The van der Waals surface area contributed by atoms with E-state index in [2.05, 4.69) is 10.1 Å².